The molecule has 0 aliphatic rings. The van der Waals surface area contributed by atoms with E-state index in [0.29, 0.717) is 5.69 Å². The van der Waals surface area contributed by atoms with Gasteiger partial charge in [-0.1, -0.05) is 0 Å². The highest BCUT2D eigenvalue weighted by molar-refractivity contribution is 5.94. The van der Waals surface area contributed by atoms with Gasteiger partial charge in [0.15, 0.2) is 12.2 Å². The molecule has 0 radical (unpaired) electrons. The summed E-state index contributed by atoms with van der Waals surface area (Å²) in [5.74, 6) is -2.66. The number of halogens is 2. The maximum atomic E-state index is 12.9. The Labute approximate surface area is 166 Å². The number of rotatable bonds is 8. The quantitative estimate of drug-likeness (QED) is 0.657. The van der Waals surface area contributed by atoms with Crippen LogP contribution >= 0.6 is 0 Å². The summed E-state index contributed by atoms with van der Waals surface area (Å²) in [5.41, 5.74) is -1.05. The predicted molar refractivity (Wildman–Crippen MR) is 100 cm³/mol. The van der Waals surface area contributed by atoms with Gasteiger partial charge in [0.05, 0.1) is 6.54 Å². The number of carbonyl (C=O) groups excluding carboxylic acids is 3. The Morgan fingerprint density at radius 2 is 1.45 bits per heavy atom. The van der Waals surface area contributed by atoms with Gasteiger partial charge in [0, 0.05) is 5.69 Å². The summed E-state index contributed by atoms with van der Waals surface area (Å²) >= 11 is 0. The molecule has 2 rings (SSSR count). The van der Waals surface area contributed by atoms with E-state index in [1.54, 1.807) is 0 Å². The number of ether oxygens (including phenoxy) is 2. The fraction of sp³-hybridized carbons (Fsp3) is 0.250. The standard InChI is InChI=1S/C20H20F2N2O5/c1-20(2,29-16-9-5-14(22)6-10-16)19(27)28-12-18(26)23-11-17(25)24-15-7-3-13(21)4-8-15/h3-10H,11-12H2,1-2H3,(H,23,26)(H,24,25). The lowest BCUT2D eigenvalue weighted by atomic mass is 10.1. The Bertz CT molecular complexity index is 867. The molecule has 2 N–H and O–H groups in total. The minimum atomic E-state index is -1.42. The Morgan fingerprint density at radius 3 is 2.03 bits per heavy atom. The highest BCUT2D eigenvalue weighted by Crippen LogP contribution is 2.19. The Hall–Kier alpha value is -3.49. The van der Waals surface area contributed by atoms with E-state index in [-0.39, 0.29) is 12.3 Å². The van der Waals surface area contributed by atoms with E-state index in [4.69, 9.17) is 9.47 Å². The van der Waals surface area contributed by atoms with Gasteiger partial charge in [-0.3, -0.25) is 9.59 Å². The zero-order valence-electron chi connectivity index (χ0n) is 15.8. The van der Waals surface area contributed by atoms with Gasteiger partial charge in [-0.2, -0.15) is 0 Å². The molecule has 0 fully saturated rings. The normalized spacial score (nSPS) is 10.8. The first-order valence-corrected chi connectivity index (χ1v) is 8.59. The molecule has 29 heavy (non-hydrogen) atoms. The van der Waals surface area contributed by atoms with E-state index >= 15 is 0 Å². The second kappa shape index (κ2) is 9.63. The minimum absolute atomic E-state index is 0.260. The summed E-state index contributed by atoms with van der Waals surface area (Å²) < 4.78 is 36.1. The number of hydrogen-bond acceptors (Lipinski definition) is 5. The first-order valence-electron chi connectivity index (χ1n) is 8.59. The van der Waals surface area contributed by atoms with Gasteiger partial charge >= 0.3 is 5.97 Å². The summed E-state index contributed by atoms with van der Waals surface area (Å²) in [4.78, 5) is 35.7. The van der Waals surface area contributed by atoms with Crippen molar-refractivity contribution in [3.8, 4) is 5.75 Å². The predicted octanol–water partition coefficient (Wildman–Crippen LogP) is 2.42. The Balaban J connectivity index is 1.74. The van der Waals surface area contributed by atoms with Gasteiger partial charge in [0.1, 0.15) is 17.4 Å². The molecule has 2 aromatic carbocycles. The molecule has 154 valence electrons. The summed E-state index contributed by atoms with van der Waals surface area (Å²) in [6, 6.07) is 10.2. The van der Waals surface area contributed by atoms with Crippen LogP contribution in [-0.2, 0) is 19.1 Å². The molecule has 0 bridgehead atoms. The minimum Gasteiger partial charge on any atom is -0.476 e. The first-order chi connectivity index (χ1) is 13.7. The van der Waals surface area contributed by atoms with Crippen LogP contribution in [0.1, 0.15) is 13.8 Å². The van der Waals surface area contributed by atoms with Gasteiger partial charge in [-0.15, -0.1) is 0 Å². The molecule has 0 saturated carbocycles. The lowest BCUT2D eigenvalue weighted by Gasteiger charge is -2.24. The molecule has 0 spiro atoms. The zero-order chi connectivity index (χ0) is 21.4. The number of carbonyl (C=O) groups is 3. The van der Waals surface area contributed by atoms with E-state index in [1.807, 2.05) is 0 Å². The van der Waals surface area contributed by atoms with Crippen molar-refractivity contribution in [3.63, 3.8) is 0 Å². The summed E-state index contributed by atoms with van der Waals surface area (Å²) in [6.07, 6.45) is 0. The molecule has 0 unspecified atom stereocenters. The van der Waals surface area contributed by atoms with Gasteiger partial charge in [-0.05, 0) is 62.4 Å². The van der Waals surface area contributed by atoms with Crippen molar-refractivity contribution in [2.75, 3.05) is 18.5 Å². The van der Waals surface area contributed by atoms with Crippen molar-refractivity contribution in [1.82, 2.24) is 5.32 Å². The van der Waals surface area contributed by atoms with Crippen LogP contribution in [0.3, 0.4) is 0 Å². The Morgan fingerprint density at radius 1 is 0.897 bits per heavy atom. The van der Waals surface area contributed by atoms with Crippen LogP contribution in [0.5, 0.6) is 5.75 Å². The third kappa shape index (κ3) is 7.21. The van der Waals surface area contributed by atoms with E-state index < -0.39 is 41.6 Å². The summed E-state index contributed by atoms with van der Waals surface area (Å²) in [5, 5.41) is 4.76. The van der Waals surface area contributed by atoms with Crippen molar-refractivity contribution in [2.24, 2.45) is 0 Å². The topological polar surface area (TPSA) is 93.7 Å². The number of nitrogens with one attached hydrogen (secondary N) is 2. The molecule has 2 amide bonds. The van der Waals surface area contributed by atoms with Crippen LogP contribution in [0.4, 0.5) is 14.5 Å². The second-order valence-corrected chi connectivity index (χ2v) is 6.47. The van der Waals surface area contributed by atoms with Crippen LogP contribution < -0.4 is 15.4 Å². The summed E-state index contributed by atoms with van der Waals surface area (Å²) in [6.45, 7) is 1.90. The van der Waals surface area contributed by atoms with E-state index in [0.717, 1.165) is 0 Å². The molecule has 0 aromatic heterocycles. The van der Waals surface area contributed by atoms with Crippen molar-refractivity contribution < 1.29 is 32.6 Å². The van der Waals surface area contributed by atoms with E-state index in [9.17, 15) is 23.2 Å². The average Bonchev–Trinajstić information content (AvgIpc) is 2.68. The number of benzene rings is 2. The smallest absolute Gasteiger partial charge is 0.350 e. The number of hydrogen-bond donors (Lipinski definition) is 2. The first kappa shape index (κ1) is 21.8. The van der Waals surface area contributed by atoms with E-state index in [2.05, 4.69) is 10.6 Å². The molecular weight excluding hydrogens is 386 g/mol. The monoisotopic (exact) mass is 406 g/mol. The van der Waals surface area contributed by atoms with Crippen molar-refractivity contribution in [2.45, 2.75) is 19.4 Å². The van der Waals surface area contributed by atoms with Crippen LogP contribution in [0.25, 0.3) is 0 Å². The van der Waals surface area contributed by atoms with Crippen LogP contribution in [0, 0.1) is 11.6 Å². The fourth-order valence-corrected chi connectivity index (χ4v) is 2.11. The molecule has 0 atom stereocenters. The number of anilines is 1. The highest BCUT2D eigenvalue weighted by atomic mass is 19.1. The molecular formula is C20H20F2N2O5. The third-order valence-corrected chi connectivity index (χ3v) is 3.59. The summed E-state index contributed by atoms with van der Waals surface area (Å²) in [7, 11) is 0. The maximum Gasteiger partial charge on any atom is 0.350 e. The van der Waals surface area contributed by atoms with Gasteiger partial charge in [0.25, 0.3) is 5.91 Å². The van der Waals surface area contributed by atoms with Crippen LogP contribution in [0.2, 0.25) is 0 Å². The molecule has 0 aliphatic heterocycles. The average molecular weight is 406 g/mol. The van der Waals surface area contributed by atoms with Crippen LogP contribution in [0.15, 0.2) is 48.5 Å². The molecule has 2 aromatic rings. The lowest BCUT2D eigenvalue weighted by molar-refractivity contribution is -0.162. The van der Waals surface area contributed by atoms with Crippen molar-refractivity contribution in [3.05, 3.63) is 60.2 Å². The zero-order valence-corrected chi connectivity index (χ0v) is 15.8. The second-order valence-electron chi connectivity index (χ2n) is 6.47. The SMILES string of the molecule is CC(C)(Oc1ccc(F)cc1)C(=O)OCC(=O)NCC(=O)Nc1ccc(F)cc1. The number of amides is 2. The van der Waals surface area contributed by atoms with Crippen molar-refractivity contribution >= 4 is 23.5 Å². The van der Waals surface area contributed by atoms with Crippen LogP contribution in [-0.4, -0.2) is 36.5 Å². The van der Waals surface area contributed by atoms with Gasteiger partial charge in [0.2, 0.25) is 5.91 Å². The van der Waals surface area contributed by atoms with Crippen molar-refractivity contribution in [1.29, 1.82) is 0 Å². The molecule has 0 saturated heterocycles. The Kier molecular flexibility index (Phi) is 7.24. The highest BCUT2D eigenvalue weighted by Gasteiger charge is 2.32. The molecule has 0 aliphatic carbocycles. The largest absolute Gasteiger partial charge is 0.476 e. The molecule has 9 heteroatoms. The molecule has 0 heterocycles. The third-order valence-electron chi connectivity index (χ3n) is 3.59. The molecule has 7 nitrogen and oxygen atoms in total. The van der Waals surface area contributed by atoms with Gasteiger partial charge < -0.3 is 20.1 Å². The number of esters is 1. The maximum absolute atomic E-state index is 12.9. The lowest BCUT2D eigenvalue weighted by Crippen LogP contribution is -2.42. The fourth-order valence-electron chi connectivity index (χ4n) is 2.11. The van der Waals surface area contributed by atoms with Gasteiger partial charge in [-0.25, -0.2) is 13.6 Å². The van der Waals surface area contributed by atoms with E-state index in [1.165, 1.54) is 62.4 Å².